The quantitative estimate of drug-likeness (QED) is 0.900. The van der Waals surface area contributed by atoms with Gasteiger partial charge in [-0.3, -0.25) is 4.79 Å². The largest absolute Gasteiger partial charge is 0.494 e. The van der Waals surface area contributed by atoms with Crippen LogP contribution in [0.1, 0.15) is 24.8 Å². The maximum absolute atomic E-state index is 14.0. The molecule has 1 aromatic rings. The van der Waals surface area contributed by atoms with Crippen molar-refractivity contribution in [1.82, 2.24) is 4.90 Å². The summed E-state index contributed by atoms with van der Waals surface area (Å²) in [6.45, 7) is 0.455. The number of carboxylic acids is 1. The lowest BCUT2D eigenvalue weighted by molar-refractivity contribution is -0.148. The Labute approximate surface area is 122 Å². The van der Waals surface area contributed by atoms with Crippen LogP contribution in [0.4, 0.5) is 4.39 Å². The number of aliphatic carboxylic acids is 1. The number of hydrogen-bond acceptors (Lipinski definition) is 3. The predicted molar refractivity (Wildman–Crippen MR) is 73.6 cm³/mol. The fraction of sp³-hybridized carbons (Fsp3) is 0.467. The number of aryl methyl sites for hydroxylation is 1. The number of methoxy groups -OCH3 is 1. The summed E-state index contributed by atoms with van der Waals surface area (Å²) in [5.41, 5.74) is 0.397. The monoisotopic (exact) mass is 295 g/mol. The minimum Gasteiger partial charge on any atom is -0.494 e. The zero-order valence-electron chi connectivity index (χ0n) is 11.8. The van der Waals surface area contributed by atoms with Gasteiger partial charge in [0.15, 0.2) is 11.6 Å². The molecule has 0 bridgehead atoms. The summed E-state index contributed by atoms with van der Waals surface area (Å²) in [6.07, 6.45) is 1.49. The number of ether oxygens (including phenoxy) is 1. The molecule has 1 aromatic carbocycles. The summed E-state index contributed by atoms with van der Waals surface area (Å²) < 4.78 is 18.9. The van der Waals surface area contributed by atoms with Crippen molar-refractivity contribution in [2.24, 2.45) is 0 Å². The van der Waals surface area contributed by atoms with E-state index in [0.29, 0.717) is 24.9 Å². The highest BCUT2D eigenvalue weighted by atomic mass is 19.1. The minimum absolute atomic E-state index is 0.0911. The van der Waals surface area contributed by atoms with Crippen molar-refractivity contribution in [3.05, 3.63) is 29.6 Å². The van der Waals surface area contributed by atoms with Crippen molar-refractivity contribution in [3.63, 3.8) is 0 Å². The van der Waals surface area contributed by atoms with Crippen LogP contribution in [0.5, 0.6) is 5.75 Å². The van der Waals surface area contributed by atoms with Crippen molar-refractivity contribution in [3.8, 4) is 5.75 Å². The molecule has 1 atom stereocenters. The number of carbonyl (C=O) groups is 2. The van der Waals surface area contributed by atoms with Gasteiger partial charge >= 0.3 is 5.97 Å². The van der Waals surface area contributed by atoms with Crippen LogP contribution in [0, 0.1) is 5.82 Å². The van der Waals surface area contributed by atoms with Crippen molar-refractivity contribution in [1.29, 1.82) is 0 Å². The number of rotatable bonds is 5. The van der Waals surface area contributed by atoms with Gasteiger partial charge in [-0.05, 0) is 30.9 Å². The highest BCUT2D eigenvalue weighted by Crippen LogP contribution is 2.23. The topological polar surface area (TPSA) is 66.8 Å². The Morgan fingerprint density at radius 3 is 2.90 bits per heavy atom. The molecule has 0 aliphatic carbocycles. The van der Waals surface area contributed by atoms with Crippen LogP contribution >= 0.6 is 0 Å². The molecule has 1 fully saturated rings. The third kappa shape index (κ3) is 3.32. The molecule has 1 heterocycles. The van der Waals surface area contributed by atoms with E-state index < -0.39 is 17.8 Å². The number of hydrogen-bond donors (Lipinski definition) is 1. The van der Waals surface area contributed by atoms with E-state index in [0.717, 1.165) is 0 Å². The second kappa shape index (κ2) is 6.56. The van der Waals surface area contributed by atoms with Crippen molar-refractivity contribution in [2.75, 3.05) is 13.7 Å². The molecule has 5 nitrogen and oxygen atoms in total. The normalized spacial score (nSPS) is 17.8. The van der Waals surface area contributed by atoms with E-state index in [4.69, 9.17) is 9.84 Å². The standard InChI is InChI=1S/C15H18FNO4/c1-21-12-6-2-4-10(14(12)16)7-8-13(18)17-9-3-5-11(17)15(19)20/h2,4,6,11H,3,5,7-9H2,1H3,(H,19,20)/t11-/m1/s1. The second-order valence-electron chi connectivity index (χ2n) is 5.02. The van der Waals surface area contributed by atoms with Gasteiger partial charge in [0.1, 0.15) is 6.04 Å². The summed E-state index contributed by atoms with van der Waals surface area (Å²) in [5, 5.41) is 9.06. The summed E-state index contributed by atoms with van der Waals surface area (Å²) in [5.74, 6) is -1.55. The molecule has 1 aliphatic rings. The Morgan fingerprint density at radius 1 is 1.48 bits per heavy atom. The fourth-order valence-electron chi connectivity index (χ4n) is 2.61. The van der Waals surface area contributed by atoms with Gasteiger partial charge in [-0.25, -0.2) is 9.18 Å². The number of halogens is 1. The summed E-state index contributed by atoms with van der Waals surface area (Å²) >= 11 is 0. The van der Waals surface area contributed by atoms with Gasteiger partial charge in [0, 0.05) is 13.0 Å². The molecule has 0 spiro atoms. The van der Waals surface area contributed by atoms with Crippen molar-refractivity contribution in [2.45, 2.75) is 31.7 Å². The SMILES string of the molecule is COc1cccc(CCC(=O)N2CCC[C@@H]2C(=O)O)c1F. The van der Waals surface area contributed by atoms with Crippen LogP contribution in [0.25, 0.3) is 0 Å². The molecule has 1 amide bonds. The number of carbonyl (C=O) groups excluding carboxylic acids is 1. The van der Waals surface area contributed by atoms with Crippen LogP contribution in [0.3, 0.4) is 0 Å². The molecule has 1 N–H and O–H groups in total. The van der Waals surface area contributed by atoms with E-state index in [1.807, 2.05) is 0 Å². The Kier molecular flexibility index (Phi) is 4.77. The smallest absolute Gasteiger partial charge is 0.326 e. The number of benzene rings is 1. The van der Waals surface area contributed by atoms with E-state index in [9.17, 15) is 14.0 Å². The van der Waals surface area contributed by atoms with Crippen LogP contribution in [-0.2, 0) is 16.0 Å². The zero-order valence-corrected chi connectivity index (χ0v) is 11.8. The summed E-state index contributed by atoms with van der Waals surface area (Å²) in [7, 11) is 1.38. The maximum Gasteiger partial charge on any atom is 0.326 e. The lowest BCUT2D eigenvalue weighted by Crippen LogP contribution is -2.40. The first kappa shape index (κ1) is 15.3. The molecule has 1 saturated heterocycles. The average Bonchev–Trinajstić information content (AvgIpc) is 2.95. The van der Waals surface area contributed by atoms with E-state index in [-0.39, 0.29) is 24.5 Å². The van der Waals surface area contributed by atoms with Gasteiger partial charge in [0.05, 0.1) is 7.11 Å². The molecular formula is C15H18FNO4. The highest BCUT2D eigenvalue weighted by molar-refractivity contribution is 5.84. The molecule has 0 aromatic heterocycles. The van der Waals surface area contributed by atoms with Crippen LogP contribution in [-0.4, -0.2) is 41.6 Å². The Morgan fingerprint density at radius 2 is 2.24 bits per heavy atom. The Balaban J connectivity index is 2.00. The van der Waals surface area contributed by atoms with Crippen molar-refractivity contribution >= 4 is 11.9 Å². The van der Waals surface area contributed by atoms with Gasteiger partial charge in [-0.15, -0.1) is 0 Å². The first-order valence-electron chi connectivity index (χ1n) is 6.88. The molecule has 0 saturated carbocycles. The fourth-order valence-corrected chi connectivity index (χ4v) is 2.61. The number of likely N-dealkylation sites (tertiary alicyclic amines) is 1. The number of amides is 1. The van der Waals surface area contributed by atoms with Crippen LogP contribution in [0.15, 0.2) is 18.2 Å². The summed E-state index contributed by atoms with van der Waals surface area (Å²) in [6, 6.07) is 4.04. The zero-order chi connectivity index (χ0) is 15.4. The van der Waals surface area contributed by atoms with Gasteiger partial charge in [-0.1, -0.05) is 12.1 Å². The van der Waals surface area contributed by atoms with E-state index in [1.54, 1.807) is 12.1 Å². The average molecular weight is 295 g/mol. The maximum atomic E-state index is 14.0. The van der Waals surface area contributed by atoms with Gasteiger partial charge < -0.3 is 14.7 Å². The van der Waals surface area contributed by atoms with E-state index in [1.165, 1.54) is 18.1 Å². The van der Waals surface area contributed by atoms with Gasteiger partial charge in [-0.2, -0.15) is 0 Å². The lowest BCUT2D eigenvalue weighted by atomic mass is 10.1. The third-order valence-corrected chi connectivity index (χ3v) is 3.73. The van der Waals surface area contributed by atoms with E-state index >= 15 is 0 Å². The molecular weight excluding hydrogens is 277 g/mol. The molecule has 2 rings (SSSR count). The predicted octanol–water partition coefficient (Wildman–Crippen LogP) is 1.84. The minimum atomic E-state index is -0.978. The molecule has 21 heavy (non-hydrogen) atoms. The summed E-state index contributed by atoms with van der Waals surface area (Å²) in [4.78, 5) is 24.5. The first-order chi connectivity index (χ1) is 10.0. The second-order valence-corrected chi connectivity index (χ2v) is 5.02. The lowest BCUT2D eigenvalue weighted by Gasteiger charge is -2.21. The third-order valence-electron chi connectivity index (χ3n) is 3.73. The molecule has 0 radical (unpaired) electrons. The Hall–Kier alpha value is -2.11. The van der Waals surface area contributed by atoms with Gasteiger partial charge in [0.25, 0.3) is 0 Å². The number of carboxylic acid groups (broad SMARTS) is 1. The van der Waals surface area contributed by atoms with Gasteiger partial charge in [0.2, 0.25) is 5.91 Å². The molecule has 6 heteroatoms. The molecule has 1 aliphatic heterocycles. The Bertz CT molecular complexity index is 546. The molecule has 114 valence electrons. The van der Waals surface area contributed by atoms with Crippen LogP contribution in [0.2, 0.25) is 0 Å². The van der Waals surface area contributed by atoms with Crippen molar-refractivity contribution < 1.29 is 23.8 Å². The van der Waals surface area contributed by atoms with Crippen LogP contribution < -0.4 is 4.74 Å². The number of nitrogens with zero attached hydrogens (tertiary/aromatic N) is 1. The first-order valence-corrected chi connectivity index (χ1v) is 6.88. The molecule has 0 unspecified atom stereocenters. The van der Waals surface area contributed by atoms with E-state index in [2.05, 4.69) is 0 Å². The highest BCUT2D eigenvalue weighted by Gasteiger charge is 2.33.